The van der Waals surface area contributed by atoms with Crippen molar-refractivity contribution < 1.29 is 4.74 Å². The second kappa shape index (κ2) is 8.51. The van der Waals surface area contributed by atoms with Gasteiger partial charge in [0, 0.05) is 31.9 Å². The van der Waals surface area contributed by atoms with Crippen molar-refractivity contribution in [1.29, 1.82) is 5.26 Å². The maximum atomic E-state index is 9.37. The molecule has 0 amide bonds. The van der Waals surface area contributed by atoms with Crippen LogP contribution >= 0.6 is 0 Å². The highest BCUT2D eigenvalue weighted by Gasteiger charge is 2.21. The van der Waals surface area contributed by atoms with Gasteiger partial charge in [-0.2, -0.15) is 5.26 Å². The summed E-state index contributed by atoms with van der Waals surface area (Å²) in [5.41, 5.74) is 4.97. The number of pyridine rings is 1. The third-order valence-corrected chi connectivity index (χ3v) is 4.84. The van der Waals surface area contributed by atoms with Gasteiger partial charge in [-0.05, 0) is 50.5 Å². The van der Waals surface area contributed by atoms with Gasteiger partial charge in [-0.3, -0.25) is 4.90 Å². The summed E-state index contributed by atoms with van der Waals surface area (Å²) in [7, 11) is 0. The normalized spacial score (nSPS) is 20.3. The molecule has 27 heavy (non-hydrogen) atoms. The van der Waals surface area contributed by atoms with E-state index in [1.165, 1.54) is 11.1 Å². The van der Waals surface area contributed by atoms with E-state index >= 15 is 0 Å². The average molecular weight is 364 g/mol. The fourth-order valence-electron chi connectivity index (χ4n) is 3.73. The Labute approximate surface area is 162 Å². The minimum absolute atomic E-state index is 0.289. The first-order chi connectivity index (χ1) is 12.9. The third-order valence-electron chi connectivity index (χ3n) is 4.84. The summed E-state index contributed by atoms with van der Waals surface area (Å²) in [5, 5.41) is 12.7. The molecule has 2 heterocycles. The van der Waals surface area contributed by atoms with Gasteiger partial charge in [-0.25, -0.2) is 4.98 Å². The molecule has 2 unspecified atom stereocenters. The van der Waals surface area contributed by atoms with Gasteiger partial charge < -0.3 is 10.1 Å². The highest BCUT2D eigenvalue weighted by molar-refractivity contribution is 5.56. The molecule has 0 bridgehead atoms. The molecule has 0 radical (unpaired) electrons. The van der Waals surface area contributed by atoms with Crippen molar-refractivity contribution in [2.75, 3.05) is 18.4 Å². The minimum atomic E-state index is 0.289. The lowest BCUT2D eigenvalue weighted by Crippen LogP contribution is -2.44. The number of anilines is 1. The maximum absolute atomic E-state index is 9.37. The predicted octanol–water partition coefficient (Wildman–Crippen LogP) is 3.79. The van der Waals surface area contributed by atoms with Gasteiger partial charge in [0.2, 0.25) is 0 Å². The van der Waals surface area contributed by atoms with Crippen molar-refractivity contribution in [2.24, 2.45) is 0 Å². The van der Waals surface area contributed by atoms with E-state index in [0.717, 1.165) is 30.9 Å². The Morgan fingerprint density at radius 3 is 2.41 bits per heavy atom. The van der Waals surface area contributed by atoms with Crippen LogP contribution in [0.4, 0.5) is 5.82 Å². The molecule has 1 fully saturated rings. The number of benzene rings is 1. The molecule has 1 aliphatic rings. The number of hydrogen-bond acceptors (Lipinski definition) is 5. The number of rotatable bonds is 5. The van der Waals surface area contributed by atoms with E-state index in [4.69, 9.17) is 4.74 Å². The van der Waals surface area contributed by atoms with Crippen LogP contribution in [0.1, 0.15) is 41.8 Å². The summed E-state index contributed by atoms with van der Waals surface area (Å²) >= 11 is 0. The number of nitriles is 1. The Bertz CT molecular complexity index is 815. The monoisotopic (exact) mass is 364 g/mol. The van der Waals surface area contributed by atoms with E-state index in [-0.39, 0.29) is 12.2 Å². The van der Waals surface area contributed by atoms with Gasteiger partial charge >= 0.3 is 0 Å². The van der Waals surface area contributed by atoms with E-state index in [0.29, 0.717) is 17.9 Å². The molecule has 3 rings (SSSR count). The van der Waals surface area contributed by atoms with Crippen LogP contribution in [0.15, 0.2) is 30.3 Å². The number of ether oxygens (including phenoxy) is 1. The Hall–Kier alpha value is -2.42. The van der Waals surface area contributed by atoms with Crippen molar-refractivity contribution in [3.05, 3.63) is 58.3 Å². The topological polar surface area (TPSA) is 61.2 Å². The van der Waals surface area contributed by atoms with Gasteiger partial charge in [0.05, 0.1) is 17.8 Å². The molecule has 142 valence electrons. The predicted molar refractivity (Wildman–Crippen MR) is 107 cm³/mol. The fourth-order valence-corrected chi connectivity index (χ4v) is 3.73. The maximum Gasteiger partial charge on any atom is 0.144 e. The molecule has 1 saturated heterocycles. The lowest BCUT2D eigenvalue weighted by atomic mass is 10.1. The number of hydrogen-bond donors (Lipinski definition) is 1. The zero-order valence-corrected chi connectivity index (χ0v) is 16.6. The summed E-state index contributed by atoms with van der Waals surface area (Å²) in [5.74, 6) is 0.662. The molecule has 1 aromatic heterocycles. The van der Waals surface area contributed by atoms with Gasteiger partial charge in [-0.1, -0.05) is 24.3 Å². The van der Waals surface area contributed by atoms with Gasteiger partial charge in [-0.15, -0.1) is 0 Å². The molecule has 2 aromatic rings. The zero-order chi connectivity index (χ0) is 19.4. The van der Waals surface area contributed by atoms with E-state index in [1.807, 2.05) is 19.9 Å². The number of nitrogens with one attached hydrogen (secondary N) is 1. The summed E-state index contributed by atoms with van der Waals surface area (Å²) in [6.07, 6.45) is 0.577. The number of nitrogens with zero attached hydrogens (tertiary/aromatic N) is 3. The minimum Gasteiger partial charge on any atom is -0.373 e. The molecular weight excluding hydrogens is 336 g/mol. The van der Waals surface area contributed by atoms with E-state index < -0.39 is 0 Å². The lowest BCUT2D eigenvalue weighted by molar-refractivity contribution is -0.0704. The van der Waals surface area contributed by atoms with Crippen LogP contribution in [0.2, 0.25) is 0 Å². The second-order valence-corrected chi connectivity index (χ2v) is 7.54. The SMILES string of the molecule is Cc1cc(C)c(C#N)c(NCc2ccc(CN3CC(C)OC(C)C3)cc2)n1. The first kappa shape index (κ1) is 19.3. The Morgan fingerprint density at radius 2 is 1.78 bits per heavy atom. The number of morpholine rings is 1. The second-order valence-electron chi connectivity index (χ2n) is 7.54. The zero-order valence-electron chi connectivity index (χ0n) is 16.6. The largest absolute Gasteiger partial charge is 0.373 e. The van der Waals surface area contributed by atoms with Crippen LogP contribution in [0.3, 0.4) is 0 Å². The summed E-state index contributed by atoms with van der Waals surface area (Å²) in [4.78, 5) is 6.93. The smallest absolute Gasteiger partial charge is 0.144 e. The first-order valence-corrected chi connectivity index (χ1v) is 9.52. The molecule has 1 aliphatic heterocycles. The molecule has 2 atom stereocenters. The van der Waals surface area contributed by atoms with Crippen molar-refractivity contribution in [2.45, 2.75) is 53.0 Å². The molecule has 5 nitrogen and oxygen atoms in total. The van der Waals surface area contributed by atoms with E-state index in [2.05, 4.69) is 59.4 Å². The molecule has 0 saturated carbocycles. The van der Waals surface area contributed by atoms with Crippen molar-refractivity contribution in [1.82, 2.24) is 9.88 Å². The summed E-state index contributed by atoms with van der Waals surface area (Å²) in [6.45, 7) is 11.7. The number of aromatic nitrogens is 1. The van der Waals surface area contributed by atoms with Crippen LogP contribution in [0.25, 0.3) is 0 Å². The summed E-state index contributed by atoms with van der Waals surface area (Å²) in [6, 6.07) is 12.8. The van der Waals surface area contributed by atoms with Crippen LogP contribution in [-0.2, 0) is 17.8 Å². The number of aryl methyl sites for hydroxylation is 2. The van der Waals surface area contributed by atoms with Crippen LogP contribution < -0.4 is 5.32 Å². The fraction of sp³-hybridized carbons (Fsp3) is 0.455. The highest BCUT2D eigenvalue weighted by Crippen LogP contribution is 2.19. The molecule has 1 aromatic carbocycles. The van der Waals surface area contributed by atoms with Crippen LogP contribution in [0, 0.1) is 25.2 Å². The van der Waals surface area contributed by atoms with Crippen molar-refractivity contribution in [3.63, 3.8) is 0 Å². The third kappa shape index (κ3) is 5.06. The Kier molecular flexibility index (Phi) is 6.10. The Morgan fingerprint density at radius 1 is 1.15 bits per heavy atom. The highest BCUT2D eigenvalue weighted by atomic mass is 16.5. The van der Waals surface area contributed by atoms with Gasteiger partial charge in [0.25, 0.3) is 0 Å². The Balaban J connectivity index is 1.61. The average Bonchev–Trinajstić information content (AvgIpc) is 2.60. The van der Waals surface area contributed by atoms with Crippen LogP contribution in [0.5, 0.6) is 0 Å². The first-order valence-electron chi connectivity index (χ1n) is 9.52. The van der Waals surface area contributed by atoms with Gasteiger partial charge in [0.1, 0.15) is 11.9 Å². The lowest BCUT2D eigenvalue weighted by Gasteiger charge is -2.35. The standard InChI is InChI=1S/C22H28N4O/c1-15-9-16(2)25-22(21(15)10-23)24-11-19-5-7-20(8-6-19)14-26-12-17(3)27-18(4)13-26/h5-9,17-18H,11-14H2,1-4H3,(H,24,25). The molecular formula is C22H28N4O. The molecule has 5 heteroatoms. The van der Waals surface area contributed by atoms with E-state index in [9.17, 15) is 5.26 Å². The molecule has 0 spiro atoms. The van der Waals surface area contributed by atoms with Crippen molar-refractivity contribution >= 4 is 5.82 Å². The molecule has 0 aliphatic carbocycles. The van der Waals surface area contributed by atoms with Crippen LogP contribution in [-0.4, -0.2) is 35.2 Å². The quantitative estimate of drug-likeness (QED) is 0.874. The van der Waals surface area contributed by atoms with E-state index in [1.54, 1.807) is 0 Å². The molecule has 1 N–H and O–H groups in total. The summed E-state index contributed by atoms with van der Waals surface area (Å²) < 4.78 is 5.80. The van der Waals surface area contributed by atoms with Gasteiger partial charge in [0.15, 0.2) is 0 Å². The van der Waals surface area contributed by atoms with Crippen molar-refractivity contribution in [3.8, 4) is 6.07 Å².